The van der Waals surface area contributed by atoms with Gasteiger partial charge in [0.2, 0.25) is 0 Å². The van der Waals surface area contributed by atoms with E-state index in [1.165, 1.54) is 17.7 Å². The van der Waals surface area contributed by atoms with Gasteiger partial charge in [0, 0.05) is 16.8 Å². The second kappa shape index (κ2) is 8.89. The molecule has 3 aromatic rings. The molecule has 0 bridgehead atoms. The molecule has 0 saturated heterocycles. The van der Waals surface area contributed by atoms with Crippen LogP contribution in [0, 0.1) is 19.7 Å². The first-order chi connectivity index (χ1) is 13.8. The van der Waals surface area contributed by atoms with Crippen LogP contribution in [0.3, 0.4) is 0 Å². The molecule has 0 aliphatic rings. The number of aromatic nitrogens is 1. The van der Waals surface area contributed by atoms with Crippen LogP contribution in [0.1, 0.15) is 41.0 Å². The van der Waals surface area contributed by atoms with Crippen LogP contribution in [-0.2, 0) is 0 Å². The summed E-state index contributed by atoms with van der Waals surface area (Å²) in [5.41, 5.74) is 5.50. The van der Waals surface area contributed by atoms with Crippen LogP contribution in [0.4, 0.5) is 4.39 Å². The van der Waals surface area contributed by atoms with Crippen molar-refractivity contribution in [2.75, 3.05) is 0 Å². The van der Waals surface area contributed by atoms with Crippen LogP contribution >= 0.6 is 23.2 Å². The molecule has 3 rings (SSSR count). The van der Waals surface area contributed by atoms with E-state index in [0.29, 0.717) is 10.6 Å². The maximum absolute atomic E-state index is 13.9. The zero-order valence-corrected chi connectivity index (χ0v) is 18.1. The highest BCUT2D eigenvalue weighted by Crippen LogP contribution is 2.33. The van der Waals surface area contributed by atoms with Gasteiger partial charge in [-0.25, -0.2) is 4.39 Å². The smallest absolute Gasteiger partial charge is 0.150 e. The zero-order chi connectivity index (χ0) is 21.1. The maximum Gasteiger partial charge on any atom is 0.150 e. The predicted molar refractivity (Wildman–Crippen MR) is 120 cm³/mol. The summed E-state index contributed by atoms with van der Waals surface area (Å²) in [5.74, 6) is -0.529. The number of rotatable bonds is 6. The van der Waals surface area contributed by atoms with E-state index in [9.17, 15) is 4.39 Å². The lowest BCUT2D eigenvalue weighted by molar-refractivity contribution is 0.0470. The highest BCUT2D eigenvalue weighted by atomic mass is 35.5. The van der Waals surface area contributed by atoms with Crippen LogP contribution in [0.15, 0.2) is 61.3 Å². The summed E-state index contributed by atoms with van der Waals surface area (Å²) < 4.78 is 15.6. The molecule has 0 aliphatic carbocycles. The fourth-order valence-electron chi connectivity index (χ4n) is 3.16. The van der Waals surface area contributed by atoms with Crippen molar-refractivity contribution in [2.45, 2.75) is 26.9 Å². The minimum atomic E-state index is -0.559. The van der Waals surface area contributed by atoms with E-state index in [1.807, 2.05) is 43.5 Å². The zero-order valence-electron chi connectivity index (χ0n) is 16.5. The van der Waals surface area contributed by atoms with Crippen molar-refractivity contribution in [2.24, 2.45) is 0 Å². The highest BCUT2D eigenvalue weighted by molar-refractivity contribution is 6.36. The molecule has 2 nitrogen and oxygen atoms in total. The third kappa shape index (κ3) is 4.58. The van der Waals surface area contributed by atoms with Crippen molar-refractivity contribution in [3.05, 3.63) is 105 Å². The summed E-state index contributed by atoms with van der Waals surface area (Å²) in [4.78, 5) is 6.08. The van der Waals surface area contributed by atoms with Gasteiger partial charge in [0.15, 0.2) is 6.10 Å². The van der Waals surface area contributed by atoms with Crippen LogP contribution in [0.5, 0.6) is 0 Å². The standard InChI is InChI=1S/C24H22Cl2FNO/c1-5-18(19-8-6-7-15(2)13-19)14-22-16(3)11-12-28(22)29-17(4)23-20(25)9-10-21(27)24(23)26/h5-14,17H,1H2,2-4H3/b18-14+. The summed E-state index contributed by atoms with van der Waals surface area (Å²) in [7, 11) is 0. The quantitative estimate of drug-likeness (QED) is 0.292. The highest BCUT2D eigenvalue weighted by Gasteiger charge is 2.20. The monoisotopic (exact) mass is 429 g/mol. The van der Waals surface area contributed by atoms with E-state index >= 15 is 0 Å². The Labute approximate surface area is 180 Å². The Morgan fingerprint density at radius 3 is 2.62 bits per heavy atom. The third-order valence-electron chi connectivity index (χ3n) is 4.72. The summed E-state index contributed by atoms with van der Waals surface area (Å²) in [6, 6.07) is 12.9. The first-order valence-electron chi connectivity index (χ1n) is 9.21. The van der Waals surface area contributed by atoms with Crippen LogP contribution in [0.25, 0.3) is 11.6 Å². The van der Waals surface area contributed by atoms with E-state index in [-0.39, 0.29) is 5.02 Å². The lowest BCUT2D eigenvalue weighted by atomic mass is 10.0. The first kappa shape index (κ1) is 21.2. The molecular weight excluding hydrogens is 408 g/mol. The minimum Gasteiger partial charge on any atom is -0.406 e. The molecule has 0 saturated carbocycles. The molecule has 0 N–H and O–H groups in total. The summed E-state index contributed by atoms with van der Waals surface area (Å²) >= 11 is 12.4. The number of hydrogen-bond acceptors (Lipinski definition) is 1. The van der Waals surface area contributed by atoms with E-state index in [2.05, 4.69) is 25.6 Å². The number of halogens is 3. The SMILES string of the molecule is C=C/C(=C\c1c(C)ccn1OC(C)c1c(Cl)ccc(F)c1Cl)c1cccc(C)c1. The molecule has 0 radical (unpaired) electrons. The second-order valence-corrected chi connectivity index (χ2v) is 7.67. The average molecular weight is 430 g/mol. The fourth-order valence-corrected chi connectivity index (χ4v) is 3.84. The molecule has 1 aromatic heterocycles. The van der Waals surface area contributed by atoms with Crippen molar-refractivity contribution in [1.82, 2.24) is 4.73 Å². The first-order valence-corrected chi connectivity index (χ1v) is 9.97. The van der Waals surface area contributed by atoms with Gasteiger partial charge in [-0.15, -0.1) is 0 Å². The molecule has 0 fully saturated rings. The molecule has 29 heavy (non-hydrogen) atoms. The van der Waals surface area contributed by atoms with Crippen LogP contribution in [0.2, 0.25) is 10.0 Å². The second-order valence-electron chi connectivity index (χ2n) is 6.89. The lowest BCUT2D eigenvalue weighted by Gasteiger charge is -2.19. The van der Waals surface area contributed by atoms with Crippen molar-refractivity contribution in [1.29, 1.82) is 0 Å². The van der Waals surface area contributed by atoms with Gasteiger partial charge in [0.25, 0.3) is 0 Å². The van der Waals surface area contributed by atoms with Crippen molar-refractivity contribution >= 4 is 34.9 Å². The number of aryl methyl sites for hydroxylation is 2. The van der Waals surface area contributed by atoms with Gasteiger partial charge in [-0.1, -0.05) is 65.7 Å². The van der Waals surface area contributed by atoms with Gasteiger partial charge in [-0.2, -0.15) is 4.73 Å². The summed E-state index contributed by atoms with van der Waals surface area (Å²) in [6.45, 7) is 9.78. The molecule has 1 unspecified atom stereocenters. The van der Waals surface area contributed by atoms with Crippen molar-refractivity contribution in [3.63, 3.8) is 0 Å². The Hall–Kier alpha value is -2.49. The topological polar surface area (TPSA) is 14.2 Å². The summed E-state index contributed by atoms with van der Waals surface area (Å²) in [6.07, 6.45) is 5.08. The van der Waals surface area contributed by atoms with Gasteiger partial charge < -0.3 is 4.84 Å². The lowest BCUT2D eigenvalue weighted by Crippen LogP contribution is -2.17. The predicted octanol–water partition coefficient (Wildman–Crippen LogP) is 7.47. The average Bonchev–Trinajstić information content (AvgIpc) is 3.02. The van der Waals surface area contributed by atoms with E-state index in [4.69, 9.17) is 28.0 Å². The number of nitrogens with zero attached hydrogens (tertiary/aromatic N) is 1. The van der Waals surface area contributed by atoms with E-state index in [0.717, 1.165) is 22.4 Å². The Bertz CT molecular complexity index is 1080. The van der Waals surface area contributed by atoms with E-state index in [1.54, 1.807) is 11.7 Å². The Balaban J connectivity index is 1.98. The molecule has 5 heteroatoms. The number of benzene rings is 2. The number of allylic oxidation sites excluding steroid dienone is 2. The Kier molecular flexibility index (Phi) is 6.51. The van der Waals surface area contributed by atoms with Crippen molar-refractivity contribution < 1.29 is 9.23 Å². The maximum atomic E-state index is 13.9. The number of hydrogen-bond donors (Lipinski definition) is 0. The van der Waals surface area contributed by atoms with Crippen molar-refractivity contribution in [3.8, 4) is 0 Å². The van der Waals surface area contributed by atoms with Gasteiger partial charge in [0.1, 0.15) is 5.82 Å². The Morgan fingerprint density at radius 2 is 1.93 bits per heavy atom. The molecule has 0 amide bonds. The molecule has 0 spiro atoms. The molecule has 0 aliphatic heterocycles. The van der Waals surface area contributed by atoms with Gasteiger partial charge in [-0.05, 0) is 61.7 Å². The largest absolute Gasteiger partial charge is 0.406 e. The fraction of sp³-hybridized carbons (Fsp3) is 0.167. The Morgan fingerprint density at radius 1 is 1.17 bits per heavy atom. The molecule has 150 valence electrons. The van der Waals surface area contributed by atoms with Gasteiger partial charge in [0.05, 0.1) is 10.7 Å². The third-order valence-corrected chi connectivity index (χ3v) is 5.44. The summed E-state index contributed by atoms with van der Waals surface area (Å²) in [5, 5.41) is 0.328. The van der Waals surface area contributed by atoms with Crippen LogP contribution in [-0.4, -0.2) is 4.73 Å². The molecule has 2 aromatic carbocycles. The van der Waals surface area contributed by atoms with Gasteiger partial charge >= 0.3 is 0 Å². The normalized spacial score (nSPS) is 12.7. The van der Waals surface area contributed by atoms with Crippen LogP contribution < -0.4 is 4.84 Å². The minimum absolute atomic E-state index is 0.0301. The molecular formula is C24H22Cl2FNO. The van der Waals surface area contributed by atoms with Gasteiger partial charge in [-0.3, -0.25) is 0 Å². The molecule has 1 atom stereocenters. The molecule has 1 heterocycles. The van der Waals surface area contributed by atoms with E-state index < -0.39 is 11.9 Å².